The predicted octanol–water partition coefficient (Wildman–Crippen LogP) is 12.7. The molecule has 0 unspecified atom stereocenters. The number of carbonyl (C=O) groups is 1. The van der Waals surface area contributed by atoms with Gasteiger partial charge in [-0.3, -0.25) is 4.79 Å². The predicted molar refractivity (Wildman–Crippen MR) is 188 cm³/mol. The van der Waals surface area contributed by atoms with Crippen molar-refractivity contribution in [1.29, 1.82) is 0 Å². The number of hydrogen-bond donors (Lipinski definition) is 1. The maximum atomic E-state index is 13.4. The highest BCUT2D eigenvalue weighted by molar-refractivity contribution is 5.76. The number of ether oxygens (including phenoxy) is 1. The van der Waals surface area contributed by atoms with Crippen molar-refractivity contribution in [2.24, 2.45) is 0 Å². The summed E-state index contributed by atoms with van der Waals surface area (Å²) in [5.41, 5.74) is 2.43. The maximum Gasteiger partial charge on any atom is 0.311 e. The summed E-state index contributed by atoms with van der Waals surface area (Å²) in [6, 6.07) is 0. The van der Waals surface area contributed by atoms with Crippen LogP contribution < -0.4 is 4.74 Å². The third-order valence-electron chi connectivity index (χ3n) is 8.63. The lowest BCUT2D eigenvalue weighted by atomic mass is 9.66. The van der Waals surface area contributed by atoms with Crippen molar-refractivity contribution in [3.05, 3.63) is 22.3 Å². The number of unbranched alkanes of at least 4 members (excludes halogenated alkanes) is 14. The largest absolute Gasteiger partial charge is 0.507 e. The van der Waals surface area contributed by atoms with Gasteiger partial charge in [0.1, 0.15) is 11.5 Å². The summed E-state index contributed by atoms with van der Waals surface area (Å²) in [5.74, 6) is 0.881. The number of rotatable bonds is 17. The molecular formula is C40H72O3. The van der Waals surface area contributed by atoms with Crippen molar-refractivity contribution >= 4 is 5.97 Å². The first-order valence-corrected chi connectivity index (χ1v) is 17.9. The molecule has 1 rings (SSSR count). The van der Waals surface area contributed by atoms with Gasteiger partial charge >= 0.3 is 5.97 Å². The van der Waals surface area contributed by atoms with Crippen LogP contribution in [0.4, 0.5) is 0 Å². The molecule has 0 saturated heterocycles. The second-order valence-corrected chi connectivity index (χ2v) is 17.4. The van der Waals surface area contributed by atoms with Crippen molar-refractivity contribution in [2.75, 3.05) is 0 Å². The quantitative estimate of drug-likeness (QED) is 0.110. The SMILES string of the molecule is CCCCCCCCCCCCCCCCCC(=O)Oc1c(C(C)(C)C)c(C(C)(C)C)c(O)c(C(C)(C)C)c1C(C)(C)C. The molecule has 0 bridgehead atoms. The molecule has 3 nitrogen and oxygen atoms in total. The van der Waals surface area contributed by atoms with Gasteiger partial charge in [0.05, 0.1) is 0 Å². The number of carbonyl (C=O) groups excluding carboxylic acids is 1. The van der Waals surface area contributed by atoms with E-state index in [-0.39, 0.29) is 27.6 Å². The first-order valence-electron chi connectivity index (χ1n) is 17.9. The molecule has 0 saturated carbocycles. The lowest BCUT2D eigenvalue weighted by Crippen LogP contribution is -2.31. The first-order chi connectivity index (χ1) is 19.7. The molecule has 0 amide bonds. The van der Waals surface area contributed by atoms with Gasteiger partial charge in [-0.15, -0.1) is 0 Å². The Labute approximate surface area is 268 Å². The van der Waals surface area contributed by atoms with Crippen LogP contribution in [-0.2, 0) is 26.5 Å². The molecule has 0 fully saturated rings. The zero-order valence-corrected chi connectivity index (χ0v) is 31.1. The maximum absolute atomic E-state index is 13.4. The van der Waals surface area contributed by atoms with Crippen molar-refractivity contribution in [3.63, 3.8) is 0 Å². The van der Waals surface area contributed by atoms with Gasteiger partial charge in [0.15, 0.2) is 0 Å². The van der Waals surface area contributed by atoms with Gasteiger partial charge < -0.3 is 9.84 Å². The molecule has 250 valence electrons. The molecule has 0 aliphatic carbocycles. The minimum atomic E-state index is -0.321. The zero-order valence-electron chi connectivity index (χ0n) is 31.1. The van der Waals surface area contributed by atoms with Crippen LogP contribution in [0.5, 0.6) is 11.5 Å². The minimum Gasteiger partial charge on any atom is -0.507 e. The molecule has 0 aliphatic rings. The lowest BCUT2D eigenvalue weighted by molar-refractivity contribution is -0.134. The van der Waals surface area contributed by atoms with Crippen LogP contribution in [0, 0.1) is 0 Å². The summed E-state index contributed by atoms with van der Waals surface area (Å²) in [4.78, 5) is 13.4. The monoisotopic (exact) mass is 601 g/mol. The molecule has 0 heterocycles. The number of hydrogen-bond acceptors (Lipinski definition) is 3. The van der Waals surface area contributed by atoms with Crippen LogP contribution in [0.15, 0.2) is 0 Å². The number of phenolic OH excluding ortho intramolecular Hbond substituents is 1. The van der Waals surface area contributed by atoms with Crippen LogP contribution in [-0.4, -0.2) is 11.1 Å². The molecule has 3 heteroatoms. The van der Waals surface area contributed by atoms with Crippen molar-refractivity contribution in [3.8, 4) is 11.5 Å². The molecule has 0 aliphatic heterocycles. The smallest absolute Gasteiger partial charge is 0.311 e. The third kappa shape index (κ3) is 13.2. The van der Waals surface area contributed by atoms with E-state index in [2.05, 4.69) is 90.0 Å². The Balaban J connectivity index is 2.88. The van der Waals surface area contributed by atoms with E-state index in [1.807, 2.05) is 0 Å². The van der Waals surface area contributed by atoms with Crippen LogP contribution in [0.25, 0.3) is 0 Å². The molecular weight excluding hydrogens is 528 g/mol. The van der Waals surface area contributed by atoms with Gasteiger partial charge in [0.2, 0.25) is 0 Å². The van der Waals surface area contributed by atoms with E-state index < -0.39 is 0 Å². The Morgan fingerprint density at radius 1 is 0.488 bits per heavy atom. The Morgan fingerprint density at radius 3 is 1.05 bits per heavy atom. The first kappa shape index (κ1) is 39.5. The number of phenols is 1. The Morgan fingerprint density at radius 2 is 0.767 bits per heavy atom. The molecule has 0 radical (unpaired) electrons. The summed E-state index contributed by atoms with van der Waals surface area (Å²) in [7, 11) is 0. The van der Waals surface area contributed by atoms with Crippen LogP contribution in [0.3, 0.4) is 0 Å². The lowest BCUT2D eigenvalue weighted by Gasteiger charge is -2.40. The van der Waals surface area contributed by atoms with E-state index in [9.17, 15) is 9.90 Å². The Hall–Kier alpha value is -1.51. The zero-order chi connectivity index (χ0) is 33.1. The average molecular weight is 601 g/mol. The molecule has 0 aromatic heterocycles. The van der Waals surface area contributed by atoms with Gasteiger partial charge in [-0.1, -0.05) is 180 Å². The van der Waals surface area contributed by atoms with Crippen molar-refractivity contribution in [2.45, 2.75) is 214 Å². The number of aromatic hydroxyl groups is 1. The second-order valence-electron chi connectivity index (χ2n) is 17.4. The van der Waals surface area contributed by atoms with Crippen molar-refractivity contribution in [1.82, 2.24) is 0 Å². The Bertz CT molecular complexity index is 920. The van der Waals surface area contributed by atoms with E-state index >= 15 is 0 Å². The third-order valence-corrected chi connectivity index (χ3v) is 8.63. The van der Waals surface area contributed by atoms with E-state index in [0.717, 1.165) is 35.1 Å². The summed E-state index contributed by atoms with van der Waals surface area (Å²) in [5, 5.41) is 11.9. The molecule has 1 aromatic rings. The fraction of sp³-hybridized carbons (Fsp3) is 0.825. The van der Waals surface area contributed by atoms with Crippen LogP contribution in [0.2, 0.25) is 0 Å². The molecule has 43 heavy (non-hydrogen) atoms. The fourth-order valence-corrected chi connectivity index (χ4v) is 6.51. The van der Waals surface area contributed by atoms with Gasteiger partial charge in [-0.05, 0) is 28.1 Å². The van der Waals surface area contributed by atoms with E-state index in [0.29, 0.717) is 17.9 Å². The topological polar surface area (TPSA) is 46.5 Å². The minimum absolute atomic E-state index is 0.156. The summed E-state index contributed by atoms with van der Waals surface area (Å²) in [6.45, 7) is 28.1. The van der Waals surface area contributed by atoms with Crippen LogP contribution >= 0.6 is 0 Å². The Kier molecular flexibility index (Phi) is 15.9. The van der Waals surface area contributed by atoms with Gasteiger partial charge in [0, 0.05) is 28.7 Å². The van der Waals surface area contributed by atoms with Crippen molar-refractivity contribution < 1.29 is 14.6 Å². The van der Waals surface area contributed by atoms with Gasteiger partial charge in [-0.25, -0.2) is 0 Å². The van der Waals surface area contributed by atoms with E-state index in [4.69, 9.17) is 4.74 Å². The second kappa shape index (κ2) is 17.3. The summed E-state index contributed by atoms with van der Waals surface area (Å²) < 4.78 is 6.43. The van der Waals surface area contributed by atoms with Crippen LogP contribution in [0.1, 0.15) is 215 Å². The number of benzene rings is 1. The van der Waals surface area contributed by atoms with E-state index in [1.165, 1.54) is 83.5 Å². The van der Waals surface area contributed by atoms with Gasteiger partial charge in [-0.2, -0.15) is 0 Å². The average Bonchev–Trinajstić information content (AvgIpc) is 2.83. The highest BCUT2D eigenvalue weighted by Crippen LogP contribution is 2.54. The molecule has 0 spiro atoms. The number of esters is 1. The summed E-state index contributed by atoms with van der Waals surface area (Å²) >= 11 is 0. The fourth-order valence-electron chi connectivity index (χ4n) is 6.51. The molecule has 0 atom stereocenters. The highest BCUT2D eigenvalue weighted by Gasteiger charge is 2.41. The van der Waals surface area contributed by atoms with Gasteiger partial charge in [0.25, 0.3) is 0 Å². The normalized spacial score (nSPS) is 13.0. The van der Waals surface area contributed by atoms with E-state index in [1.54, 1.807) is 0 Å². The standard InChI is InChI=1S/C40H72O3/c1-14-15-16-17-18-19-20-21-22-23-24-25-26-27-28-29-30(41)43-36-33(39(8,9)10)31(37(2,3)4)35(42)32(38(5,6)7)34(36)40(11,12)13/h42H,14-29H2,1-13H3. The molecule has 1 aromatic carbocycles. The highest BCUT2D eigenvalue weighted by atomic mass is 16.5. The molecule has 1 N–H and O–H groups in total. The summed E-state index contributed by atoms with van der Waals surface area (Å²) in [6.07, 6.45) is 20.0.